The summed E-state index contributed by atoms with van der Waals surface area (Å²) in [7, 11) is 0. The molecule has 6 nitrogen and oxygen atoms in total. The van der Waals surface area contributed by atoms with Gasteiger partial charge in [-0.3, -0.25) is 4.90 Å². The number of piperazine rings is 1. The second kappa shape index (κ2) is 6.80. The van der Waals surface area contributed by atoms with Gasteiger partial charge in [0.25, 0.3) is 0 Å². The van der Waals surface area contributed by atoms with E-state index in [9.17, 15) is 10.1 Å². The van der Waals surface area contributed by atoms with Crippen LogP contribution in [0.15, 0.2) is 42.6 Å². The number of anilines is 1. The number of rotatable bonds is 3. The van der Waals surface area contributed by atoms with Crippen LogP contribution in [0.5, 0.6) is 0 Å². The molecule has 2 aromatic rings. The maximum Gasteiger partial charge on any atom is 0.363 e. The zero-order chi connectivity index (χ0) is 17.2. The fourth-order valence-electron chi connectivity index (χ4n) is 4.07. The van der Waals surface area contributed by atoms with Crippen molar-refractivity contribution < 1.29 is 4.92 Å². The van der Waals surface area contributed by atoms with E-state index in [-0.39, 0.29) is 5.82 Å². The van der Waals surface area contributed by atoms with Gasteiger partial charge < -0.3 is 15.0 Å². The second-order valence-corrected chi connectivity index (χ2v) is 6.76. The lowest BCUT2D eigenvalue weighted by Gasteiger charge is -2.42. The molecule has 1 aliphatic heterocycles. The lowest BCUT2D eigenvalue weighted by atomic mass is 9.86. The molecule has 0 radical (unpaired) electrons. The van der Waals surface area contributed by atoms with Crippen molar-refractivity contribution in [2.24, 2.45) is 0 Å². The molecule has 25 heavy (non-hydrogen) atoms. The Hall–Kier alpha value is -2.47. The van der Waals surface area contributed by atoms with E-state index in [2.05, 4.69) is 39.0 Å². The summed E-state index contributed by atoms with van der Waals surface area (Å²) in [5.41, 5.74) is 3.97. The molecule has 130 valence electrons. The van der Waals surface area contributed by atoms with Crippen LogP contribution >= 0.6 is 0 Å². The molecule has 4 rings (SSSR count). The van der Waals surface area contributed by atoms with Gasteiger partial charge in [-0.25, -0.2) is 0 Å². The summed E-state index contributed by atoms with van der Waals surface area (Å²) < 4.78 is 0. The third kappa shape index (κ3) is 3.22. The zero-order valence-corrected chi connectivity index (χ0v) is 14.2. The normalized spacial score (nSPS) is 21.0. The minimum Gasteiger partial charge on any atom is -0.366 e. The van der Waals surface area contributed by atoms with E-state index >= 15 is 0 Å². The summed E-state index contributed by atoms with van der Waals surface area (Å²) in [5, 5.41) is 10.7. The van der Waals surface area contributed by atoms with E-state index in [1.807, 2.05) is 0 Å². The van der Waals surface area contributed by atoms with E-state index in [4.69, 9.17) is 0 Å². The van der Waals surface area contributed by atoms with Crippen molar-refractivity contribution in [1.29, 1.82) is 0 Å². The molecule has 0 N–H and O–H groups in total. The third-order valence-electron chi connectivity index (χ3n) is 5.38. The summed E-state index contributed by atoms with van der Waals surface area (Å²) in [5.74, 6) is -0.0961. The smallest absolute Gasteiger partial charge is 0.363 e. The van der Waals surface area contributed by atoms with E-state index < -0.39 is 4.92 Å². The summed E-state index contributed by atoms with van der Waals surface area (Å²) in [6.07, 6.45) is 5.30. The van der Waals surface area contributed by atoms with Gasteiger partial charge in [0.15, 0.2) is 6.20 Å². The zero-order valence-electron chi connectivity index (χ0n) is 14.2. The molecular weight excluding hydrogens is 316 g/mol. The average molecular weight is 338 g/mol. The summed E-state index contributed by atoms with van der Waals surface area (Å²) in [6, 6.07) is 12.7. The van der Waals surface area contributed by atoms with Crippen LogP contribution in [0, 0.1) is 10.1 Å². The van der Waals surface area contributed by atoms with Crippen molar-refractivity contribution in [1.82, 2.24) is 9.88 Å². The molecule has 1 fully saturated rings. The molecule has 0 saturated carbocycles. The van der Waals surface area contributed by atoms with Crippen molar-refractivity contribution in [2.75, 3.05) is 31.1 Å². The van der Waals surface area contributed by atoms with Crippen molar-refractivity contribution in [3.05, 3.63) is 63.8 Å². The lowest BCUT2D eigenvalue weighted by molar-refractivity contribution is -0.389. The van der Waals surface area contributed by atoms with E-state index in [1.165, 1.54) is 36.5 Å². The van der Waals surface area contributed by atoms with Crippen LogP contribution in [-0.2, 0) is 6.42 Å². The summed E-state index contributed by atoms with van der Waals surface area (Å²) >= 11 is 0. The van der Waals surface area contributed by atoms with E-state index in [1.54, 1.807) is 12.3 Å². The number of aryl methyl sites for hydroxylation is 1. The van der Waals surface area contributed by atoms with Gasteiger partial charge in [0.1, 0.15) is 0 Å². The van der Waals surface area contributed by atoms with Gasteiger partial charge in [-0.15, -0.1) is 0 Å². The number of nitrogens with zero attached hydrogens (tertiary/aromatic N) is 4. The Morgan fingerprint density at radius 3 is 2.60 bits per heavy atom. The van der Waals surface area contributed by atoms with Crippen LogP contribution in [-0.4, -0.2) is 41.0 Å². The van der Waals surface area contributed by atoms with Crippen molar-refractivity contribution in [3.8, 4) is 0 Å². The van der Waals surface area contributed by atoms with Gasteiger partial charge in [0.05, 0.1) is 5.69 Å². The van der Waals surface area contributed by atoms with Crippen molar-refractivity contribution in [3.63, 3.8) is 0 Å². The fourth-order valence-corrected chi connectivity index (χ4v) is 4.07. The van der Waals surface area contributed by atoms with Crippen molar-refractivity contribution in [2.45, 2.75) is 25.3 Å². The topological polar surface area (TPSA) is 62.5 Å². The Kier molecular flexibility index (Phi) is 4.36. The molecular formula is C19H22N4O2. The van der Waals surface area contributed by atoms with Crippen LogP contribution in [0.3, 0.4) is 0 Å². The van der Waals surface area contributed by atoms with Gasteiger partial charge in [-0.1, -0.05) is 24.3 Å². The summed E-state index contributed by atoms with van der Waals surface area (Å²) in [6.45, 7) is 3.88. The standard InChI is InChI=1S/C19H22N4O2/c24-23(25)19-9-8-16(14-20-19)21-10-12-22(13-11-21)18-7-3-5-15-4-1-2-6-17(15)18/h1-2,4,6,8-9,14,18H,3,5,7,10-13H2/t18-/m0/s1. The number of nitro groups is 1. The van der Waals surface area contributed by atoms with Gasteiger partial charge >= 0.3 is 5.82 Å². The van der Waals surface area contributed by atoms with Crippen molar-refractivity contribution >= 4 is 11.5 Å². The molecule has 0 spiro atoms. The maximum absolute atomic E-state index is 10.7. The van der Waals surface area contributed by atoms with Crippen LogP contribution in [0.4, 0.5) is 11.5 Å². The lowest BCUT2D eigenvalue weighted by Crippen LogP contribution is -2.48. The van der Waals surface area contributed by atoms with Crippen LogP contribution in [0.25, 0.3) is 0 Å². The molecule has 6 heteroatoms. The third-order valence-corrected chi connectivity index (χ3v) is 5.38. The molecule has 2 aliphatic rings. The first-order valence-electron chi connectivity index (χ1n) is 8.89. The molecule has 0 amide bonds. The van der Waals surface area contributed by atoms with Gasteiger partial charge in [-0.2, -0.15) is 0 Å². The molecule has 0 bridgehead atoms. The van der Waals surface area contributed by atoms with E-state index in [0.29, 0.717) is 6.04 Å². The number of benzene rings is 1. The minimum atomic E-state index is -0.456. The molecule has 1 atom stereocenters. The summed E-state index contributed by atoms with van der Waals surface area (Å²) in [4.78, 5) is 19.1. The Bertz CT molecular complexity index is 754. The highest BCUT2D eigenvalue weighted by Gasteiger charge is 2.28. The SMILES string of the molecule is O=[N+]([O-])c1ccc(N2CCN([C@H]3CCCc4ccccc43)CC2)cn1. The maximum atomic E-state index is 10.7. The van der Waals surface area contributed by atoms with Crippen LogP contribution < -0.4 is 4.90 Å². The first-order valence-corrected chi connectivity index (χ1v) is 8.89. The second-order valence-electron chi connectivity index (χ2n) is 6.76. The molecule has 1 saturated heterocycles. The van der Waals surface area contributed by atoms with Gasteiger partial charge in [-0.05, 0) is 46.4 Å². The monoisotopic (exact) mass is 338 g/mol. The molecule has 1 aromatic heterocycles. The van der Waals surface area contributed by atoms with Gasteiger partial charge in [0.2, 0.25) is 0 Å². The molecule has 1 aromatic carbocycles. The van der Waals surface area contributed by atoms with Gasteiger partial charge in [0, 0.05) is 38.3 Å². The Labute approximate surface area is 147 Å². The average Bonchev–Trinajstić information content (AvgIpc) is 2.68. The molecule has 2 heterocycles. The first kappa shape index (κ1) is 16.0. The Morgan fingerprint density at radius 1 is 1.08 bits per heavy atom. The largest absolute Gasteiger partial charge is 0.366 e. The number of hydrogen-bond acceptors (Lipinski definition) is 5. The Morgan fingerprint density at radius 2 is 1.88 bits per heavy atom. The number of hydrogen-bond donors (Lipinski definition) is 0. The quantitative estimate of drug-likeness (QED) is 0.635. The highest BCUT2D eigenvalue weighted by atomic mass is 16.6. The fraction of sp³-hybridized carbons (Fsp3) is 0.421. The van der Waals surface area contributed by atoms with E-state index in [0.717, 1.165) is 31.9 Å². The molecule has 1 aliphatic carbocycles. The highest BCUT2D eigenvalue weighted by Crippen LogP contribution is 2.35. The van der Waals surface area contributed by atoms with Crippen LogP contribution in [0.1, 0.15) is 30.0 Å². The van der Waals surface area contributed by atoms with Crippen LogP contribution in [0.2, 0.25) is 0 Å². The molecule has 0 unspecified atom stereocenters. The highest BCUT2D eigenvalue weighted by molar-refractivity contribution is 5.47. The predicted octanol–water partition coefficient (Wildman–Crippen LogP) is 3.19. The Balaban J connectivity index is 1.43. The predicted molar refractivity (Wildman–Crippen MR) is 96.8 cm³/mol. The minimum absolute atomic E-state index is 0.0961. The number of pyridine rings is 1. The number of fused-ring (bicyclic) bond motifs is 1. The number of aromatic nitrogens is 1. The first-order chi connectivity index (χ1) is 12.2.